The maximum absolute atomic E-state index is 10.4. The molecule has 2 aliphatic heterocycles. The Morgan fingerprint density at radius 2 is 2.42 bits per heavy atom. The summed E-state index contributed by atoms with van der Waals surface area (Å²) in [6.45, 7) is 5.23. The maximum atomic E-state index is 10.4. The Kier molecular flexibility index (Phi) is 4.84. The van der Waals surface area contributed by atoms with E-state index in [1.165, 1.54) is 5.57 Å². The van der Waals surface area contributed by atoms with Gasteiger partial charge in [-0.05, 0) is 31.3 Å². The molecule has 5 nitrogen and oxygen atoms in total. The number of rotatable bonds is 4. The molecule has 4 aliphatic rings. The average Bonchev–Trinajstić information content (AvgIpc) is 2.86. The van der Waals surface area contributed by atoms with Gasteiger partial charge in [0.15, 0.2) is 0 Å². The van der Waals surface area contributed by atoms with Crippen LogP contribution in [0.5, 0.6) is 0 Å². The lowest BCUT2D eigenvalue weighted by Gasteiger charge is -2.42. The van der Waals surface area contributed by atoms with E-state index in [2.05, 4.69) is 24.2 Å². The molecule has 5 atom stereocenters. The van der Waals surface area contributed by atoms with Crippen molar-refractivity contribution in [1.82, 2.24) is 10.4 Å². The molecular weight excluding hydrogens is 348 g/mol. The zero-order valence-corrected chi connectivity index (χ0v) is 16.1. The Labute approximate surface area is 160 Å². The first-order valence-corrected chi connectivity index (χ1v) is 9.95. The second-order valence-electron chi connectivity index (χ2n) is 7.88. The Balaban J connectivity index is 1.69. The number of nitrogens with zero attached hydrogens (tertiary/aromatic N) is 1. The molecule has 6 heteroatoms. The average molecular weight is 377 g/mol. The lowest BCUT2D eigenvalue weighted by Crippen LogP contribution is -2.44. The van der Waals surface area contributed by atoms with Gasteiger partial charge in [-0.3, -0.25) is 9.90 Å². The highest BCUT2D eigenvalue weighted by molar-refractivity contribution is 7.80. The monoisotopic (exact) mass is 376 g/mol. The van der Waals surface area contributed by atoms with Gasteiger partial charge in [0, 0.05) is 31.0 Å². The van der Waals surface area contributed by atoms with Gasteiger partial charge in [-0.2, -0.15) is 0 Å². The van der Waals surface area contributed by atoms with Crippen molar-refractivity contribution in [3.8, 4) is 0 Å². The van der Waals surface area contributed by atoms with Gasteiger partial charge in [-0.15, -0.1) is 6.58 Å². The number of aliphatic hydroxyl groups excluding tert-OH is 1. The maximum Gasteiger partial charge on any atom is 0.111 e. The standard InChI is InChI=1S/C20H28N2O3S/c1-3-7-21-19(26)13-4-5-17-20(11-13)6-8-22(24-2)12-14-9-15(23)10-16(25-17)18(14)20/h3,6,8,13-15,17,23H,1,4-5,7,9-12H2,2H3,(H,21,26)/t13?,14?,15-,17?,20?/m1/s1. The summed E-state index contributed by atoms with van der Waals surface area (Å²) in [5, 5.41) is 15.6. The van der Waals surface area contributed by atoms with Crippen molar-refractivity contribution in [3.63, 3.8) is 0 Å². The van der Waals surface area contributed by atoms with Gasteiger partial charge < -0.3 is 15.2 Å². The minimum absolute atomic E-state index is 0.129. The zero-order valence-electron chi connectivity index (χ0n) is 15.3. The van der Waals surface area contributed by atoms with Crippen molar-refractivity contribution in [2.24, 2.45) is 17.3 Å². The first-order valence-electron chi connectivity index (χ1n) is 9.54. The fourth-order valence-electron chi connectivity index (χ4n) is 5.30. The minimum atomic E-state index is -0.334. The van der Waals surface area contributed by atoms with Crippen LogP contribution in [0.25, 0.3) is 0 Å². The third-order valence-electron chi connectivity index (χ3n) is 6.37. The first-order chi connectivity index (χ1) is 12.6. The predicted molar refractivity (Wildman–Crippen MR) is 104 cm³/mol. The second kappa shape index (κ2) is 6.98. The third kappa shape index (κ3) is 2.88. The van der Waals surface area contributed by atoms with Crippen molar-refractivity contribution in [1.29, 1.82) is 0 Å². The number of ether oxygens (including phenoxy) is 1. The van der Waals surface area contributed by atoms with Crippen molar-refractivity contribution in [3.05, 3.63) is 36.3 Å². The van der Waals surface area contributed by atoms with Crippen LogP contribution in [0.15, 0.2) is 36.3 Å². The van der Waals surface area contributed by atoms with Gasteiger partial charge in [0.2, 0.25) is 0 Å². The normalized spacial score (nSPS) is 38.2. The summed E-state index contributed by atoms with van der Waals surface area (Å²) >= 11 is 5.67. The summed E-state index contributed by atoms with van der Waals surface area (Å²) in [6, 6.07) is 0. The van der Waals surface area contributed by atoms with E-state index in [1.807, 2.05) is 11.1 Å². The molecule has 4 unspecified atom stereocenters. The van der Waals surface area contributed by atoms with E-state index in [9.17, 15) is 5.11 Å². The summed E-state index contributed by atoms with van der Waals surface area (Å²) in [4.78, 5) is 6.45. The van der Waals surface area contributed by atoms with E-state index in [0.717, 1.165) is 43.0 Å². The summed E-state index contributed by atoms with van der Waals surface area (Å²) in [5.74, 6) is 1.61. The van der Waals surface area contributed by atoms with Gasteiger partial charge in [-0.1, -0.05) is 24.4 Å². The molecule has 2 N–H and O–H groups in total. The van der Waals surface area contributed by atoms with Crippen LogP contribution in [0.4, 0.5) is 0 Å². The van der Waals surface area contributed by atoms with Gasteiger partial charge >= 0.3 is 0 Å². The van der Waals surface area contributed by atoms with E-state index < -0.39 is 0 Å². The Hall–Kier alpha value is -1.37. The lowest BCUT2D eigenvalue weighted by atomic mass is 9.60. The van der Waals surface area contributed by atoms with Gasteiger partial charge in [-0.25, -0.2) is 0 Å². The van der Waals surface area contributed by atoms with Crippen molar-refractivity contribution in [2.45, 2.75) is 44.3 Å². The van der Waals surface area contributed by atoms with Gasteiger partial charge in [0.05, 0.1) is 35.9 Å². The van der Waals surface area contributed by atoms with Crippen molar-refractivity contribution in [2.75, 3.05) is 20.2 Å². The van der Waals surface area contributed by atoms with Gasteiger partial charge in [0.25, 0.3) is 0 Å². The molecule has 0 aromatic heterocycles. The van der Waals surface area contributed by atoms with E-state index in [0.29, 0.717) is 18.9 Å². The molecule has 0 saturated heterocycles. The van der Waals surface area contributed by atoms with Crippen LogP contribution in [-0.4, -0.2) is 47.6 Å². The zero-order chi connectivity index (χ0) is 18.3. The molecule has 4 rings (SSSR count). The summed E-state index contributed by atoms with van der Waals surface area (Å²) < 4.78 is 6.41. The number of hydroxylamine groups is 2. The van der Waals surface area contributed by atoms with Gasteiger partial charge in [0.1, 0.15) is 6.10 Å². The highest BCUT2D eigenvalue weighted by Crippen LogP contribution is 2.59. The van der Waals surface area contributed by atoms with Crippen molar-refractivity contribution >= 4 is 17.2 Å². The molecule has 2 aliphatic carbocycles. The largest absolute Gasteiger partial charge is 0.493 e. The molecule has 1 spiro atoms. The SMILES string of the molecule is C=CCNC(=S)C1CCC2OC3=C4C(C[C@@H](O)C3)CN(OC)C=CC42C1. The quantitative estimate of drug-likeness (QED) is 0.581. The number of hydrogen-bond acceptors (Lipinski definition) is 5. The second-order valence-corrected chi connectivity index (χ2v) is 8.32. The van der Waals surface area contributed by atoms with Crippen LogP contribution in [0, 0.1) is 17.3 Å². The molecule has 142 valence electrons. The van der Waals surface area contributed by atoms with E-state index in [1.54, 1.807) is 7.11 Å². The number of hydrogen-bond donors (Lipinski definition) is 2. The first kappa shape index (κ1) is 18.0. The molecule has 0 radical (unpaired) electrons. The minimum Gasteiger partial charge on any atom is -0.493 e. The van der Waals surface area contributed by atoms with Crippen molar-refractivity contribution < 1.29 is 14.7 Å². The summed E-state index contributed by atoms with van der Waals surface area (Å²) in [5.41, 5.74) is 1.26. The smallest absolute Gasteiger partial charge is 0.111 e. The summed E-state index contributed by atoms with van der Waals surface area (Å²) in [7, 11) is 1.70. The Morgan fingerprint density at radius 1 is 1.58 bits per heavy atom. The molecule has 1 saturated carbocycles. The molecule has 2 heterocycles. The van der Waals surface area contributed by atoms with Crippen LogP contribution in [0.2, 0.25) is 0 Å². The highest BCUT2D eigenvalue weighted by atomic mass is 32.1. The summed E-state index contributed by atoms with van der Waals surface area (Å²) in [6.07, 6.45) is 10.4. The van der Waals surface area contributed by atoms with E-state index in [-0.39, 0.29) is 23.5 Å². The number of thiocarbonyl (C=S) groups is 1. The molecular formula is C20H28N2O3S. The molecule has 1 fully saturated rings. The predicted octanol–water partition coefficient (Wildman–Crippen LogP) is 2.69. The van der Waals surface area contributed by atoms with Crippen LogP contribution in [0.3, 0.4) is 0 Å². The van der Waals surface area contributed by atoms with Crippen LogP contribution in [0.1, 0.15) is 32.1 Å². The van der Waals surface area contributed by atoms with Crippen LogP contribution in [-0.2, 0) is 9.57 Å². The molecule has 0 amide bonds. The molecule has 26 heavy (non-hydrogen) atoms. The lowest BCUT2D eigenvalue weighted by molar-refractivity contribution is -0.0967. The Morgan fingerprint density at radius 3 is 3.19 bits per heavy atom. The van der Waals surface area contributed by atoms with E-state index >= 15 is 0 Å². The topological polar surface area (TPSA) is 54.0 Å². The fourth-order valence-corrected chi connectivity index (χ4v) is 5.59. The van der Waals surface area contributed by atoms with E-state index in [4.69, 9.17) is 21.8 Å². The van der Waals surface area contributed by atoms with Crippen LogP contribution >= 0.6 is 12.2 Å². The number of aliphatic hydroxyl groups is 1. The Bertz CT molecular complexity index is 661. The van der Waals surface area contributed by atoms with Crippen LogP contribution < -0.4 is 5.32 Å². The highest BCUT2D eigenvalue weighted by Gasteiger charge is 2.56. The third-order valence-corrected chi connectivity index (χ3v) is 6.85. The molecule has 0 bridgehead atoms. The molecule has 0 aromatic carbocycles. The molecule has 0 aromatic rings. The fraction of sp³-hybridized carbons (Fsp3) is 0.650. The number of nitrogens with one attached hydrogen (secondary N) is 1.